The second-order valence-electron chi connectivity index (χ2n) is 6.34. The number of hydrogen-bond donors (Lipinski definition) is 0. The maximum Gasteiger partial charge on any atom is 0.242 e. The van der Waals surface area contributed by atoms with E-state index < -0.39 is 0 Å². The molecule has 1 aliphatic heterocycles. The maximum absolute atomic E-state index is 13.3. The van der Waals surface area contributed by atoms with Gasteiger partial charge in [-0.15, -0.1) is 0 Å². The summed E-state index contributed by atoms with van der Waals surface area (Å²) in [4.78, 5) is 16.4. The van der Waals surface area contributed by atoms with Crippen LogP contribution in [0.4, 0.5) is 4.39 Å². The Balaban J connectivity index is 1.76. The molecule has 26 heavy (non-hydrogen) atoms. The predicted octanol–water partition coefficient (Wildman–Crippen LogP) is 3.94. The lowest BCUT2D eigenvalue weighted by atomic mass is 9.99. The number of hydrogen-bond acceptors (Lipinski definition) is 3. The van der Waals surface area contributed by atoms with Crippen LogP contribution < -0.4 is 0 Å². The molecule has 4 rings (SSSR count). The van der Waals surface area contributed by atoms with Gasteiger partial charge in [-0.05, 0) is 41.8 Å². The fourth-order valence-electron chi connectivity index (χ4n) is 3.21. The molecule has 2 heterocycles. The van der Waals surface area contributed by atoms with E-state index in [2.05, 4.69) is 10.1 Å². The summed E-state index contributed by atoms with van der Waals surface area (Å²) < 4.78 is 13.3. The third-order valence-corrected chi connectivity index (χ3v) is 4.56. The summed E-state index contributed by atoms with van der Waals surface area (Å²) in [6.45, 7) is 0.626. The molecule has 0 bridgehead atoms. The van der Waals surface area contributed by atoms with Gasteiger partial charge in [0, 0.05) is 31.0 Å². The van der Waals surface area contributed by atoms with Crippen LogP contribution in [0.25, 0.3) is 10.9 Å². The molecule has 0 N–H and O–H groups in total. The van der Waals surface area contributed by atoms with Crippen LogP contribution in [0.5, 0.6) is 0 Å². The Kier molecular flexibility index (Phi) is 4.44. The highest BCUT2D eigenvalue weighted by atomic mass is 19.1. The van der Waals surface area contributed by atoms with Crippen LogP contribution in [0.2, 0.25) is 0 Å². The van der Waals surface area contributed by atoms with E-state index in [1.165, 1.54) is 17.1 Å². The molecule has 0 saturated carbocycles. The van der Waals surface area contributed by atoms with Crippen LogP contribution in [-0.4, -0.2) is 28.2 Å². The van der Waals surface area contributed by atoms with Crippen LogP contribution in [0.15, 0.2) is 65.9 Å². The number of aromatic nitrogens is 1. The third kappa shape index (κ3) is 3.33. The van der Waals surface area contributed by atoms with Gasteiger partial charge >= 0.3 is 0 Å². The van der Waals surface area contributed by atoms with E-state index in [0.717, 1.165) is 34.2 Å². The summed E-state index contributed by atoms with van der Waals surface area (Å²) >= 11 is 0. The summed E-state index contributed by atoms with van der Waals surface area (Å²) in [5.74, 6) is -0.260. The second-order valence-corrected chi connectivity index (χ2v) is 6.34. The van der Waals surface area contributed by atoms with Gasteiger partial charge in [-0.25, -0.2) is 9.40 Å². The minimum Gasteiger partial charge on any atom is -0.273 e. The predicted molar refractivity (Wildman–Crippen MR) is 99.3 cm³/mol. The van der Waals surface area contributed by atoms with Crippen molar-refractivity contribution in [1.29, 1.82) is 0 Å². The van der Waals surface area contributed by atoms with E-state index in [1.807, 2.05) is 30.3 Å². The average molecular weight is 347 g/mol. The minimum absolute atomic E-state index is 0.0317. The Bertz CT molecular complexity index is 977. The van der Waals surface area contributed by atoms with Crippen molar-refractivity contribution in [2.24, 2.45) is 5.10 Å². The van der Waals surface area contributed by atoms with Crippen molar-refractivity contribution in [2.45, 2.75) is 19.3 Å². The lowest BCUT2D eigenvalue weighted by Crippen LogP contribution is -2.22. The number of para-hydroxylation sites is 1. The van der Waals surface area contributed by atoms with Crippen LogP contribution in [0.3, 0.4) is 0 Å². The molecule has 1 fully saturated rings. The topological polar surface area (TPSA) is 45.6 Å². The number of rotatable bonds is 4. The summed E-state index contributed by atoms with van der Waals surface area (Å²) in [7, 11) is 0. The number of pyridine rings is 1. The molecule has 1 aromatic heterocycles. The summed E-state index contributed by atoms with van der Waals surface area (Å²) in [5.41, 5.74) is 3.55. The average Bonchev–Trinajstić information content (AvgIpc) is 3.07. The fourth-order valence-corrected chi connectivity index (χ4v) is 3.21. The van der Waals surface area contributed by atoms with Crippen molar-refractivity contribution in [2.75, 3.05) is 6.54 Å². The summed E-state index contributed by atoms with van der Waals surface area (Å²) in [5, 5.41) is 7.20. The number of carbonyl (C=O) groups excluding carboxylic acids is 1. The number of halogens is 1. The van der Waals surface area contributed by atoms with Crippen molar-refractivity contribution >= 4 is 22.5 Å². The standard InChI is InChI=1S/C21H18FN3O/c22-17-9-7-15(8-10-17)20(24-25-13-3-6-21(25)26)14-16-11-12-23-19-5-2-1-4-18(16)19/h1-2,4-5,7-12H,3,6,13-14H2. The number of hydrazone groups is 1. The van der Waals surface area contributed by atoms with Gasteiger partial charge in [0.05, 0.1) is 11.2 Å². The summed E-state index contributed by atoms with van der Waals surface area (Å²) in [6.07, 6.45) is 3.66. The zero-order chi connectivity index (χ0) is 17.9. The molecule has 1 amide bonds. The first-order valence-corrected chi connectivity index (χ1v) is 8.67. The Morgan fingerprint density at radius 3 is 2.69 bits per heavy atom. The Morgan fingerprint density at radius 2 is 1.92 bits per heavy atom. The van der Waals surface area contributed by atoms with Gasteiger partial charge in [-0.1, -0.05) is 30.3 Å². The zero-order valence-corrected chi connectivity index (χ0v) is 14.2. The molecule has 130 valence electrons. The van der Waals surface area contributed by atoms with Gasteiger partial charge in [0.2, 0.25) is 5.91 Å². The van der Waals surface area contributed by atoms with Crippen LogP contribution in [-0.2, 0) is 11.2 Å². The molecule has 4 nitrogen and oxygen atoms in total. The molecule has 5 heteroatoms. The number of amides is 1. The van der Waals surface area contributed by atoms with Crippen molar-refractivity contribution in [3.8, 4) is 0 Å². The lowest BCUT2D eigenvalue weighted by Gasteiger charge is -2.14. The van der Waals surface area contributed by atoms with Crippen molar-refractivity contribution < 1.29 is 9.18 Å². The van der Waals surface area contributed by atoms with Gasteiger partial charge in [-0.3, -0.25) is 9.78 Å². The molecule has 1 aliphatic rings. The monoisotopic (exact) mass is 347 g/mol. The molecule has 0 radical (unpaired) electrons. The van der Waals surface area contributed by atoms with Gasteiger partial charge in [-0.2, -0.15) is 5.10 Å². The first kappa shape index (κ1) is 16.4. The van der Waals surface area contributed by atoms with E-state index in [9.17, 15) is 9.18 Å². The van der Waals surface area contributed by atoms with Gasteiger partial charge in [0.25, 0.3) is 0 Å². The van der Waals surface area contributed by atoms with Crippen LogP contribution >= 0.6 is 0 Å². The van der Waals surface area contributed by atoms with Gasteiger partial charge in [0.15, 0.2) is 0 Å². The highest BCUT2D eigenvalue weighted by molar-refractivity contribution is 6.04. The van der Waals surface area contributed by atoms with Crippen LogP contribution in [0.1, 0.15) is 24.0 Å². The molecule has 0 aliphatic carbocycles. The van der Waals surface area contributed by atoms with E-state index in [0.29, 0.717) is 19.4 Å². The Hall–Kier alpha value is -3.08. The number of carbonyl (C=O) groups is 1. The van der Waals surface area contributed by atoms with E-state index >= 15 is 0 Å². The number of fused-ring (bicyclic) bond motifs is 1. The maximum atomic E-state index is 13.3. The van der Waals surface area contributed by atoms with Gasteiger partial charge in [0.1, 0.15) is 5.82 Å². The molecule has 3 aromatic rings. The summed E-state index contributed by atoms with van der Waals surface area (Å²) in [6, 6.07) is 16.1. The molecule has 0 spiro atoms. The number of benzene rings is 2. The first-order valence-electron chi connectivity index (χ1n) is 8.67. The normalized spacial score (nSPS) is 15.0. The molecule has 0 atom stereocenters. The van der Waals surface area contributed by atoms with Crippen molar-refractivity contribution in [1.82, 2.24) is 9.99 Å². The Morgan fingerprint density at radius 1 is 1.12 bits per heavy atom. The van der Waals surface area contributed by atoms with E-state index in [4.69, 9.17) is 0 Å². The highest BCUT2D eigenvalue weighted by Crippen LogP contribution is 2.20. The number of nitrogens with zero attached hydrogens (tertiary/aromatic N) is 3. The van der Waals surface area contributed by atoms with Crippen LogP contribution in [0, 0.1) is 5.82 Å². The smallest absolute Gasteiger partial charge is 0.242 e. The lowest BCUT2D eigenvalue weighted by molar-refractivity contribution is -0.127. The largest absolute Gasteiger partial charge is 0.273 e. The fraction of sp³-hybridized carbons (Fsp3) is 0.190. The zero-order valence-electron chi connectivity index (χ0n) is 14.2. The molecular formula is C21H18FN3O. The highest BCUT2D eigenvalue weighted by Gasteiger charge is 2.21. The quantitative estimate of drug-likeness (QED) is 0.671. The van der Waals surface area contributed by atoms with Crippen molar-refractivity contribution in [3.05, 3.63) is 77.7 Å². The van der Waals surface area contributed by atoms with E-state index in [-0.39, 0.29) is 11.7 Å². The molecule has 0 unspecified atom stereocenters. The van der Waals surface area contributed by atoms with Gasteiger partial charge < -0.3 is 0 Å². The second kappa shape index (κ2) is 7.04. The molecule has 1 saturated heterocycles. The molecule has 2 aromatic carbocycles. The first-order chi connectivity index (χ1) is 12.7. The minimum atomic E-state index is -0.292. The van der Waals surface area contributed by atoms with E-state index in [1.54, 1.807) is 18.3 Å². The Labute approximate surface area is 151 Å². The molecular weight excluding hydrogens is 329 g/mol. The SMILES string of the molecule is O=C1CCCN1N=C(Cc1ccnc2ccccc12)c1ccc(F)cc1. The van der Waals surface area contributed by atoms with Crippen molar-refractivity contribution in [3.63, 3.8) is 0 Å². The third-order valence-electron chi connectivity index (χ3n) is 4.56.